The maximum Gasteiger partial charge on any atom is 0.100 e. The average molecular weight is 189 g/mol. The smallest absolute Gasteiger partial charge is 0.100 e. The summed E-state index contributed by atoms with van der Waals surface area (Å²) in [6, 6.07) is 0. The van der Waals surface area contributed by atoms with E-state index >= 15 is 0 Å². The molecule has 3 heteroatoms. The van der Waals surface area contributed by atoms with Crippen LogP contribution in [0.3, 0.4) is 0 Å². The fourth-order valence-corrected chi connectivity index (χ4v) is 2.74. The predicted molar refractivity (Wildman–Crippen MR) is 53.3 cm³/mol. The van der Waals surface area contributed by atoms with E-state index in [1.165, 1.54) is 0 Å². The molecule has 1 aliphatic rings. The first kappa shape index (κ1) is 10.2. The summed E-state index contributed by atoms with van der Waals surface area (Å²) in [5.74, 6) is 0. The van der Waals surface area contributed by atoms with E-state index in [1.54, 1.807) is 0 Å². The molecule has 0 amide bonds. The van der Waals surface area contributed by atoms with Crippen LogP contribution in [-0.2, 0) is 11.0 Å². The van der Waals surface area contributed by atoms with Gasteiger partial charge in [-0.05, 0) is 34.1 Å². The molecule has 0 radical (unpaired) electrons. The lowest BCUT2D eigenvalue weighted by atomic mass is 10.1. The Labute approximate surface area is 77.9 Å². The van der Waals surface area contributed by atoms with Crippen molar-refractivity contribution in [2.75, 3.05) is 6.54 Å². The Kier molecular flexibility index (Phi) is 2.39. The molecule has 12 heavy (non-hydrogen) atoms. The van der Waals surface area contributed by atoms with Crippen molar-refractivity contribution < 1.29 is 4.21 Å². The highest BCUT2D eigenvalue weighted by Crippen LogP contribution is 2.39. The van der Waals surface area contributed by atoms with Gasteiger partial charge in [0.05, 0.1) is 4.75 Å². The maximum absolute atomic E-state index is 11.8. The molecule has 0 saturated carbocycles. The molecule has 0 bridgehead atoms. The summed E-state index contributed by atoms with van der Waals surface area (Å²) in [6.45, 7) is 11.4. The van der Waals surface area contributed by atoms with Crippen molar-refractivity contribution in [2.24, 2.45) is 0 Å². The van der Waals surface area contributed by atoms with Crippen molar-refractivity contribution in [1.82, 2.24) is 4.31 Å². The van der Waals surface area contributed by atoms with Crippen LogP contribution in [0.4, 0.5) is 0 Å². The van der Waals surface area contributed by atoms with E-state index in [9.17, 15) is 4.21 Å². The van der Waals surface area contributed by atoms with Crippen LogP contribution in [0.25, 0.3) is 0 Å². The molecule has 0 aromatic carbocycles. The predicted octanol–water partition coefficient (Wildman–Crippen LogP) is 1.93. The van der Waals surface area contributed by atoms with E-state index in [4.69, 9.17) is 0 Å². The van der Waals surface area contributed by atoms with Crippen molar-refractivity contribution in [3.63, 3.8) is 0 Å². The molecular weight excluding hydrogens is 170 g/mol. The van der Waals surface area contributed by atoms with Crippen LogP contribution in [0.2, 0.25) is 0 Å². The maximum atomic E-state index is 11.8. The van der Waals surface area contributed by atoms with Crippen LogP contribution >= 0.6 is 0 Å². The van der Waals surface area contributed by atoms with Crippen LogP contribution in [-0.4, -0.2) is 25.3 Å². The number of rotatable bonds is 2. The standard InChI is InChI=1S/C9H19NOS/c1-6-9(5)7-10(9)12(11)8(2,3)4/h6-7H2,1-5H3/t9-,10?,12?/m1/s1. The Morgan fingerprint density at radius 1 is 1.50 bits per heavy atom. The van der Waals surface area contributed by atoms with E-state index in [0.29, 0.717) is 0 Å². The third-order valence-electron chi connectivity index (χ3n) is 2.47. The zero-order valence-electron chi connectivity index (χ0n) is 8.68. The lowest BCUT2D eigenvalue weighted by molar-refractivity contribution is 0.536. The zero-order valence-corrected chi connectivity index (χ0v) is 9.49. The van der Waals surface area contributed by atoms with Crippen LogP contribution < -0.4 is 0 Å². The topological polar surface area (TPSA) is 20.1 Å². The number of nitrogens with zero attached hydrogens (tertiary/aromatic N) is 1. The molecule has 0 aliphatic carbocycles. The van der Waals surface area contributed by atoms with Gasteiger partial charge in [0, 0.05) is 12.1 Å². The van der Waals surface area contributed by atoms with Gasteiger partial charge in [-0.2, -0.15) is 0 Å². The molecule has 3 atom stereocenters. The Balaban J connectivity index is 2.60. The molecule has 0 spiro atoms. The summed E-state index contributed by atoms with van der Waals surface area (Å²) in [4.78, 5) is 0. The van der Waals surface area contributed by atoms with Crippen molar-refractivity contribution in [3.05, 3.63) is 0 Å². The van der Waals surface area contributed by atoms with Gasteiger partial charge >= 0.3 is 0 Å². The zero-order chi connectivity index (χ0) is 9.57. The van der Waals surface area contributed by atoms with E-state index in [0.717, 1.165) is 13.0 Å². The molecule has 1 heterocycles. The van der Waals surface area contributed by atoms with Crippen LogP contribution in [0.15, 0.2) is 0 Å². The fraction of sp³-hybridized carbons (Fsp3) is 1.00. The first-order valence-electron chi connectivity index (χ1n) is 4.51. The third-order valence-corrected chi connectivity index (χ3v) is 4.49. The normalized spacial score (nSPS) is 37.9. The molecule has 1 fully saturated rings. The molecule has 0 aromatic heterocycles. The van der Waals surface area contributed by atoms with Crippen molar-refractivity contribution in [3.8, 4) is 0 Å². The van der Waals surface area contributed by atoms with Gasteiger partial charge in [-0.15, -0.1) is 0 Å². The van der Waals surface area contributed by atoms with E-state index in [-0.39, 0.29) is 10.3 Å². The van der Waals surface area contributed by atoms with Gasteiger partial charge in [0.25, 0.3) is 0 Å². The second-order valence-corrected chi connectivity index (χ2v) is 6.91. The number of hydrogen-bond donors (Lipinski definition) is 0. The third kappa shape index (κ3) is 1.72. The van der Waals surface area contributed by atoms with Crippen LogP contribution in [0.5, 0.6) is 0 Å². The van der Waals surface area contributed by atoms with Gasteiger partial charge in [-0.1, -0.05) is 6.92 Å². The Hall–Kier alpha value is 0.110. The first-order chi connectivity index (χ1) is 5.31. The van der Waals surface area contributed by atoms with Gasteiger partial charge in [0.15, 0.2) is 0 Å². The minimum atomic E-state index is -0.814. The highest BCUT2D eigenvalue weighted by atomic mass is 32.2. The van der Waals surface area contributed by atoms with Crippen LogP contribution in [0, 0.1) is 0 Å². The molecule has 1 saturated heterocycles. The Bertz CT molecular complexity index is 209. The quantitative estimate of drug-likeness (QED) is 0.608. The number of hydrogen-bond acceptors (Lipinski definition) is 1. The second-order valence-electron chi connectivity index (χ2n) is 4.75. The lowest BCUT2D eigenvalue weighted by Crippen LogP contribution is -2.30. The molecule has 0 N–H and O–H groups in total. The lowest BCUT2D eigenvalue weighted by Gasteiger charge is -2.20. The first-order valence-corrected chi connectivity index (χ1v) is 5.61. The molecule has 0 aromatic rings. The average Bonchev–Trinajstić information content (AvgIpc) is 2.60. The summed E-state index contributed by atoms with van der Waals surface area (Å²) in [7, 11) is -0.814. The van der Waals surface area contributed by atoms with E-state index in [1.807, 2.05) is 20.8 Å². The Morgan fingerprint density at radius 3 is 2.25 bits per heavy atom. The van der Waals surface area contributed by atoms with Gasteiger partial charge in [-0.3, -0.25) is 0 Å². The summed E-state index contributed by atoms with van der Waals surface area (Å²) in [5.41, 5.74) is 0.220. The van der Waals surface area contributed by atoms with Crippen molar-refractivity contribution >= 4 is 11.0 Å². The molecule has 1 rings (SSSR count). The second kappa shape index (κ2) is 2.81. The van der Waals surface area contributed by atoms with Crippen molar-refractivity contribution in [1.29, 1.82) is 0 Å². The monoisotopic (exact) mass is 189 g/mol. The highest BCUT2D eigenvalue weighted by Gasteiger charge is 2.51. The van der Waals surface area contributed by atoms with E-state index in [2.05, 4.69) is 18.2 Å². The minimum Gasteiger partial charge on any atom is -0.242 e. The van der Waals surface area contributed by atoms with Gasteiger partial charge in [0.1, 0.15) is 11.0 Å². The molecule has 1 aliphatic heterocycles. The summed E-state index contributed by atoms with van der Waals surface area (Å²) in [6.07, 6.45) is 1.09. The SMILES string of the molecule is CC[C@]1(C)CN1S(=O)C(C)(C)C. The molecule has 2 nitrogen and oxygen atoms in total. The minimum absolute atomic E-state index is 0.104. The highest BCUT2D eigenvalue weighted by molar-refractivity contribution is 7.84. The van der Waals surface area contributed by atoms with Gasteiger partial charge in [0.2, 0.25) is 0 Å². The Morgan fingerprint density at radius 2 is 2.00 bits per heavy atom. The summed E-state index contributed by atoms with van der Waals surface area (Å²) < 4.78 is 13.8. The van der Waals surface area contributed by atoms with Crippen LogP contribution in [0.1, 0.15) is 41.0 Å². The summed E-state index contributed by atoms with van der Waals surface area (Å²) >= 11 is 0. The van der Waals surface area contributed by atoms with Crippen molar-refractivity contribution in [2.45, 2.75) is 51.3 Å². The molecule has 2 unspecified atom stereocenters. The molecular formula is C9H19NOS. The fourth-order valence-electron chi connectivity index (χ4n) is 1.15. The molecule has 72 valence electrons. The largest absolute Gasteiger partial charge is 0.242 e. The summed E-state index contributed by atoms with van der Waals surface area (Å²) in [5, 5.41) is 0. The van der Waals surface area contributed by atoms with E-state index < -0.39 is 11.0 Å². The van der Waals surface area contributed by atoms with Gasteiger partial charge in [-0.25, -0.2) is 8.51 Å². The van der Waals surface area contributed by atoms with Gasteiger partial charge < -0.3 is 0 Å².